The van der Waals surface area contributed by atoms with Crippen LogP contribution in [0.5, 0.6) is 17.2 Å². The lowest BCUT2D eigenvalue weighted by Gasteiger charge is -2.24. The van der Waals surface area contributed by atoms with Crippen molar-refractivity contribution >= 4 is 11.0 Å². The number of hydrogen-bond donors (Lipinski definition) is 4. The van der Waals surface area contributed by atoms with Crippen molar-refractivity contribution in [3.05, 3.63) is 51.7 Å². The lowest BCUT2D eigenvalue weighted by molar-refractivity contribution is 0.403. The first-order chi connectivity index (χ1) is 13.0. The van der Waals surface area contributed by atoms with Crippen molar-refractivity contribution in [2.24, 2.45) is 0 Å². The van der Waals surface area contributed by atoms with Gasteiger partial charge in [-0.05, 0) is 74.2 Å². The van der Waals surface area contributed by atoms with Crippen LogP contribution >= 0.6 is 0 Å². The van der Waals surface area contributed by atoms with Gasteiger partial charge in [0, 0.05) is 5.56 Å². The summed E-state index contributed by atoms with van der Waals surface area (Å²) < 4.78 is 6.03. The molecule has 1 aliphatic rings. The number of rotatable bonds is 2. The summed E-state index contributed by atoms with van der Waals surface area (Å²) in [4.78, 5) is 12.8. The molecule has 0 aliphatic carbocycles. The molecule has 4 rings (SSSR count). The Hall–Kier alpha value is -2.99. The average Bonchev–Trinajstić information content (AvgIpc) is 2.67. The fourth-order valence-electron chi connectivity index (χ4n) is 3.76. The van der Waals surface area contributed by atoms with Crippen molar-refractivity contribution in [1.82, 2.24) is 5.32 Å². The van der Waals surface area contributed by atoms with E-state index in [1.165, 1.54) is 18.2 Å². The van der Waals surface area contributed by atoms with E-state index >= 15 is 0 Å². The molecule has 1 aliphatic heterocycles. The van der Waals surface area contributed by atoms with Gasteiger partial charge >= 0.3 is 0 Å². The van der Waals surface area contributed by atoms with Gasteiger partial charge in [-0.25, -0.2) is 0 Å². The number of hydrogen-bond acceptors (Lipinski definition) is 6. The van der Waals surface area contributed by atoms with E-state index in [2.05, 4.69) is 5.32 Å². The minimum absolute atomic E-state index is 0.0122. The largest absolute Gasteiger partial charge is 0.504 e. The van der Waals surface area contributed by atoms with Crippen molar-refractivity contribution in [2.75, 3.05) is 13.1 Å². The van der Waals surface area contributed by atoms with E-state index in [0.29, 0.717) is 16.5 Å². The Bertz CT molecular complexity index is 1080. The second kappa shape index (κ2) is 6.63. The molecule has 2 heterocycles. The molecule has 27 heavy (non-hydrogen) atoms. The maximum absolute atomic E-state index is 12.8. The molecule has 0 bridgehead atoms. The molecule has 0 saturated carbocycles. The zero-order valence-electron chi connectivity index (χ0n) is 15.0. The molecule has 2 aromatic carbocycles. The van der Waals surface area contributed by atoms with Gasteiger partial charge in [-0.3, -0.25) is 4.79 Å². The number of nitrogens with one attached hydrogen (secondary N) is 1. The summed E-state index contributed by atoms with van der Waals surface area (Å²) in [7, 11) is 0. The van der Waals surface area contributed by atoms with Crippen LogP contribution in [-0.4, -0.2) is 28.4 Å². The van der Waals surface area contributed by atoms with Crippen molar-refractivity contribution < 1.29 is 19.7 Å². The smallest absolute Gasteiger partial charge is 0.235 e. The van der Waals surface area contributed by atoms with Crippen molar-refractivity contribution in [3.63, 3.8) is 0 Å². The number of fused-ring (bicyclic) bond motifs is 1. The lowest BCUT2D eigenvalue weighted by Crippen LogP contribution is -2.26. The highest BCUT2D eigenvalue weighted by molar-refractivity contribution is 5.85. The molecule has 140 valence electrons. The monoisotopic (exact) mass is 367 g/mol. The molecule has 0 atom stereocenters. The first-order valence-corrected chi connectivity index (χ1v) is 8.99. The predicted molar refractivity (Wildman–Crippen MR) is 102 cm³/mol. The third kappa shape index (κ3) is 3.02. The summed E-state index contributed by atoms with van der Waals surface area (Å²) in [5, 5.41) is 33.4. The number of piperidine rings is 1. The summed E-state index contributed by atoms with van der Waals surface area (Å²) in [6.45, 7) is 3.73. The fraction of sp³-hybridized carbons (Fsp3) is 0.286. The van der Waals surface area contributed by atoms with E-state index in [-0.39, 0.29) is 23.2 Å². The van der Waals surface area contributed by atoms with Gasteiger partial charge in [-0.1, -0.05) is 6.07 Å². The second-order valence-corrected chi connectivity index (χ2v) is 7.07. The normalized spacial score (nSPS) is 15.3. The number of aromatic hydroxyl groups is 3. The Morgan fingerprint density at radius 1 is 1.04 bits per heavy atom. The summed E-state index contributed by atoms with van der Waals surface area (Å²) in [6.07, 6.45) is 1.89. The molecule has 6 nitrogen and oxygen atoms in total. The molecule has 1 aromatic heterocycles. The molecule has 1 fully saturated rings. The highest BCUT2D eigenvalue weighted by atomic mass is 16.4. The Balaban J connectivity index is 1.99. The average molecular weight is 367 g/mol. The highest BCUT2D eigenvalue weighted by Gasteiger charge is 2.23. The molecule has 6 heteroatoms. The van der Waals surface area contributed by atoms with Crippen molar-refractivity contribution in [3.8, 4) is 28.6 Å². The first-order valence-electron chi connectivity index (χ1n) is 8.99. The highest BCUT2D eigenvalue weighted by Crippen LogP contribution is 2.38. The molecule has 0 unspecified atom stereocenters. The van der Waals surface area contributed by atoms with E-state index in [1.54, 1.807) is 6.07 Å². The van der Waals surface area contributed by atoms with Crippen molar-refractivity contribution in [1.29, 1.82) is 0 Å². The Morgan fingerprint density at radius 2 is 1.78 bits per heavy atom. The number of benzene rings is 2. The first kappa shape index (κ1) is 17.4. The lowest BCUT2D eigenvalue weighted by atomic mass is 9.88. The number of aryl methyl sites for hydroxylation is 1. The van der Waals surface area contributed by atoms with Crippen LogP contribution in [-0.2, 0) is 0 Å². The summed E-state index contributed by atoms with van der Waals surface area (Å²) in [5.41, 5.74) is 2.19. The Labute approximate surface area is 155 Å². The van der Waals surface area contributed by atoms with Gasteiger partial charge in [0.05, 0.1) is 5.39 Å². The van der Waals surface area contributed by atoms with Gasteiger partial charge in [0.25, 0.3) is 0 Å². The van der Waals surface area contributed by atoms with Crippen molar-refractivity contribution in [2.45, 2.75) is 25.7 Å². The van der Waals surface area contributed by atoms with Crippen LogP contribution in [0, 0.1) is 6.92 Å². The molecule has 1 saturated heterocycles. The van der Waals surface area contributed by atoms with Crippen LogP contribution in [0.1, 0.15) is 29.9 Å². The van der Waals surface area contributed by atoms with Gasteiger partial charge in [-0.2, -0.15) is 0 Å². The molecule has 3 aromatic rings. The van der Waals surface area contributed by atoms with E-state index < -0.39 is 11.2 Å². The maximum Gasteiger partial charge on any atom is 0.235 e. The van der Waals surface area contributed by atoms with E-state index in [0.717, 1.165) is 37.1 Å². The standard InChI is InChI=1S/C21H21NO5/c1-11-8-14(12-4-6-22-7-5-12)21-15(9-11)18(25)19(26)20(27-21)13-2-3-16(23)17(24)10-13/h2-3,8-10,12,22-24,26H,4-7H2,1H3. The summed E-state index contributed by atoms with van der Waals surface area (Å²) >= 11 is 0. The van der Waals surface area contributed by atoms with E-state index in [9.17, 15) is 20.1 Å². The number of phenolic OH excluding ortho intramolecular Hbond substituents is 2. The zero-order valence-corrected chi connectivity index (χ0v) is 15.0. The Morgan fingerprint density at radius 3 is 2.48 bits per heavy atom. The summed E-state index contributed by atoms with van der Waals surface area (Å²) in [6, 6.07) is 7.80. The predicted octanol–water partition coefficient (Wildman–Crippen LogP) is 3.35. The van der Waals surface area contributed by atoms with E-state index in [4.69, 9.17) is 4.42 Å². The van der Waals surface area contributed by atoms with Gasteiger partial charge in [-0.15, -0.1) is 0 Å². The second-order valence-electron chi connectivity index (χ2n) is 7.07. The van der Waals surface area contributed by atoms with Gasteiger partial charge in [0.15, 0.2) is 17.3 Å². The minimum atomic E-state index is -0.505. The van der Waals surface area contributed by atoms with Crippen LogP contribution in [0.4, 0.5) is 0 Å². The molecule has 0 spiro atoms. The van der Waals surface area contributed by atoms with Gasteiger partial charge in [0.1, 0.15) is 5.58 Å². The zero-order chi connectivity index (χ0) is 19.1. The quantitative estimate of drug-likeness (QED) is 0.518. The Kier molecular flexibility index (Phi) is 4.28. The van der Waals surface area contributed by atoms with Crippen LogP contribution in [0.25, 0.3) is 22.3 Å². The molecular formula is C21H21NO5. The number of phenols is 2. The van der Waals surface area contributed by atoms with Crippen LogP contribution < -0.4 is 10.7 Å². The van der Waals surface area contributed by atoms with Crippen LogP contribution in [0.15, 0.2) is 39.5 Å². The van der Waals surface area contributed by atoms with E-state index in [1.807, 2.05) is 13.0 Å². The fourth-order valence-corrected chi connectivity index (χ4v) is 3.76. The topological polar surface area (TPSA) is 103 Å². The maximum atomic E-state index is 12.8. The molecule has 0 radical (unpaired) electrons. The van der Waals surface area contributed by atoms with Crippen LogP contribution in [0.2, 0.25) is 0 Å². The SMILES string of the molecule is Cc1cc(C2CCNCC2)c2oc(-c3ccc(O)c(O)c3)c(O)c(=O)c2c1. The van der Waals surface area contributed by atoms with Gasteiger partial charge < -0.3 is 25.1 Å². The molecule has 4 N–H and O–H groups in total. The third-order valence-corrected chi connectivity index (χ3v) is 5.16. The molecular weight excluding hydrogens is 346 g/mol. The third-order valence-electron chi connectivity index (χ3n) is 5.16. The minimum Gasteiger partial charge on any atom is -0.504 e. The molecule has 0 amide bonds. The van der Waals surface area contributed by atoms with Crippen LogP contribution in [0.3, 0.4) is 0 Å². The summed E-state index contributed by atoms with van der Waals surface area (Å²) in [5.74, 6) is -0.886. The van der Waals surface area contributed by atoms with Gasteiger partial charge in [0.2, 0.25) is 11.2 Å².